The Morgan fingerprint density at radius 3 is 2.64 bits per heavy atom. The van der Waals surface area contributed by atoms with Crippen molar-refractivity contribution in [2.45, 2.75) is 56.5 Å². The van der Waals surface area contributed by atoms with Gasteiger partial charge in [0, 0.05) is 18.8 Å². The lowest BCUT2D eigenvalue weighted by molar-refractivity contribution is -0.146. The fourth-order valence-electron chi connectivity index (χ4n) is 6.92. The SMILES string of the molecule is CC[C@]12CCC3(O1)C(C(=O)NCn1nnc4ccccc41)N(CCCO)C(=O)[C@@H]3[C@H]2C(=O)Nc1ccccc1. The van der Waals surface area contributed by atoms with Gasteiger partial charge < -0.3 is 25.4 Å². The zero-order chi connectivity index (χ0) is 27.2. The molecule has 3 aliphatic rings. The molecule has 0 aliphatic carbocycles. The Morgan fingerprint density at radius 2 is 1.87 bits per heavy atom. The number of para-hydroxylation sites is 2. The highest BCUT2D eigenvalue weighted by Crippen LogP contribution is 2.64. The Labute approximate surface area is 225 Å². The number of carbonyl (C=O) groups is 3. The molecule has 3 saturated heterocycles. The summed E-state index contributed by atoms with van der Waals surface area (Å²) < 4.78 is 8.32. The van der Waals surface area contributed by atoms with Gasteiger partial charge in [0.05, 0.1) is 23.0 Å². The van der Waals surface area contributed by atoms with Crippen molar-refractivity contribution in [2.75, 3.05) is 18.5 Å². The van der Waals surface area contributed by atoms with Gasteiger partial charge in [0.2, 0.25) is 17.7 Å². The second kappa shape index (κ2) is 9.73. The van der Waals surface area contributed by atoms with Crippen LogP contribution in [0.3, 0.4) is 0 Å². The fourth-order valence-corrected chi connectivity index (χ4v) is 6.92. The van der Waals surface area contributed by atoms with Gasteiger partial charge in [0.25, 0.3) is 0 Å². The van der Waals surface area contributed by atoms with Gasteiger partial charge in [-0.2, -0.15) is 0 Å². The third-order valence-corrected chi connectivity index (χ3v) is 8.63. The molecule has 11 nitrogen and oxygen atoms in total. The van der Waals surface area contributed by atoms with E-state index in [0.29, 0.717) is 36.9 Å². The van der Waals surface area contributed by atoms with Crippen LogP contribution in [0.2, 0.25) is 0 Å². The number of fused-ring (bicyclic) bond motifs is 2. The van der Waals surface area contributed by atoms with Crippen LogP contribution in [-0.2, 0) is 25.8 Å². The zero-order valence-corrected chi connectivity index (χ0v) is 21.7. The third-order valence-electron chi connectivity index (χ3n) is 8.63. The predicted molar refractivity (Wildman–Crippen MR) is 141 cm³/mol. The molecule has 3 aliphatic heterocycles. The number of rotatable bonds is 9. The number of aliphatic hydroxyl groups excluding tert-OH is 1. The Morgan fingerprint density at radius 1 is 1.10 bits per heavy atom. The van der Waals surface area contributed by atoms with E-state index in [1.807, 2.05) is 49.4 Å². The number of ether oxygens (including phenoxy) is 1. The monoisotopic (exact) mass is 532 g/mol. The highest BCUT2D eigenvalue weighted by atomic mass is 16.5. The molecule has 5 atom stereocenters. The fraction of sp³-hybridized carbons (Fsp3) is 0.464. The summed E-state index contributed by atoms with van der Waals surface area (Å²) >= 11 is 0. The lowest BCUT2D eigenvalue weighted by Crippen LogP contribution is -2.55. The summed E-state index contributed by atoms with van der Waals surface area (Å²) in [5, 5.41) is 23.7. The second-order valence-electron chi connectivity index (χ2n) is 10.6. The summed E-state index contributed by atoms with van der Waals surface area (Å²) in [6, 6.07) is 15.6. The Bertz CT molecular complexity index is 1410. The van der Waals surface area contributed by atoms with Crippen LogP contribution in [0.1, 0.15) is 32.6 Å². The van der Waals surface area contributed by atoms with Crippen LogP contribution in [0.4, 0.5) is 5.69 Å². The number of nitrogens with zero attached hydrogens (tertiary/aromatic N) is 4. The highest BCUT2D eigenvalue weighted by Gasteiger charge is 2.78. The Balaban J connectivity index is 1.32. The standard InChI is InChI=1S/C28H32N6O5/c1-2-27-13-14-28(39-27)22(21(27)24(36)30-18-9-4-3-5-10-18)26(38)33(15-8-16-35)23(28)25(37)29-17-34-20-12-7-6-11-19(20)31-32-34/h3-7,9-12,21-23,35H,2,8,13-17H2,1H3,(H,29,37)(H,30,36)/t21-,22-,23?,27+,28?/m0/s1. The Kier molecular flexibility index (Phi) is 6.35. The zero-order valence-electron chi connectivity index (χ0n) is 21.7. The van der Waals surface area contributed by atoms with E-state index in [0.717, 1.165) is 5.52 Å². The first kappa shape index (κ1) is 25.4. The molecule has 2 aromatic carbocycles. The smallest absolute Gasteiger partial charge is 0.247 e. The molecule has 0 saturated carbocycles. The minimum atomic E-state index is -1.13. The predicted octanol–water partition coefficient (Wildman–Crippen LogP) is 1.68. The van der Waals surface area contributed by atoms with Crippen molar-refractivity contribution in [2.24, 2.45) is 11.8 Å². The van der Waals surface area contributed by atoms with E-state index in [4.69, 9.17) is 4.74 Å². The van der Waals surface area contributed by atoms with Gasteiger partial charge in [-0.05, 0) is 49.9 Å². The van der Waals surface area contributed by atoms with Gasteiger partial charge >= 0.3 is 0 Å². The molecular weight excluding hydrogens is 500 g/mol. The van der Waals surface area contributed by atoms with Gasteiger partial charge in [-0.1, -0.05) is 42.5 Å². The molecule has 1 spiro atoms. The summed E-state index contributed by atoms with van der Waals surface area (Å²) in [6.07, 6.45) is 1.92. The van der Waals surface area contributed by atoms with Crippen molar-refractivity contribution in [1.29, 1.82) is 0 Å². The molecule has 3 N–H and O–H groups in total. The molecule has 3 aromatic rings. The number of carbonyl (C=O) groups excluding carboxylic acids is 3. The summed E-state index contributed by atoms with van der Waals surface area (Å²) in [5.74, 6) is -2.47. The van der Waals surface area contributed by atoms with Crippen molar-refractivity contribution >= 4 is 34.4 Å². The number of aromatic nitrogens is 3. The molecule has 2 bridgehead atoms. The topological polar surface area (TPSA) is 139 Å². The molecular formula is C28H32N6O5. The molecule has 39 heavy (non-hydrogen) atoms. The quantitative estimate of drug-likeness (QED) is 0.381. The van der Waals surface area contributed by atoms with Crippen molar-refractivity contribution in [3.05, 3.63) is 54.6 Å². The van der Waals surface area contributed by atoms with E-state index < -0.39 is 29.1 Å². The largest absolute Gasteiger partial charge is 0.396 e. The summed E-state index contributed by atoms with van der Waals surface area (Å²) in [7, 11) is 0. The van der Waals surface area contributed by atoms with Crippen molar-refractivity contribution in [3.63, 3.8) is 0 Å². The average molecular weight is 533 g/mol. The third kappa shape index (κ3) is 3.90. The Hall–Kier alpha value is -3.83. The summed E-state index contributed by atoms with van der Waals surface area (Å²) in [4.78, 5) is 43.1. The molecule has 1 aromatic heterocycles. The number of benzene rings is 2. The van der Waals surface area contributed by atoms with Crippen LogP contribution >= 0.6 is 0 Å². The molecule has 6 rings (SSSR count). The van der Waals surface area contributed by atoms with E-state index in [2.05, 4.69) is 20.9 Å². The van der Waals surface area contributed by atoms with Gasteiger partial charge in [0.15, 0.2) is 0 Å². The molecule has 3 fully saturated rings. The average Bonchev–Trinajstić information content (AvgIpc) is 3.68. The number of aliphatic hydroxyl groups is 1. The van der Waals surface area contributed by atoms with Gasteiger partial charge in [-0.15, -0.1) is 5.10 Å². The molecule has 4 heterocycles. The van der Waals surface area contributed by atoms with Gasteiger partial charge in [-0.25, -0.2) is 4.68 Å². The maximum absolute atomic E-state index is 14.0. The van der Waals surface area contributed by atoms with E-state index in [-0.39, 0.29) is 37.5 Å². The number of amides is 3. The molecule has 3 amide bonds. The lowest BCUT2D eigenvalue weighted by Gasteiger charge is -2.34. The first-order chi connectivity index (χ1) is 18.9. The maximum Gasteiger partial charge on any atom is 0.247 e. The van der Waals surface area contributed by atoms with Crippen molar-refractivity contribution < 1.29 is 24.2 Å². The van der Waals surface area contributed by atoms with E-state index in [1.54, 1.807) is 16.8 Å². The van der Waals surface area contributed by atoms with E-state index in [9.17, 15) is 19.5 Å². The molecule has 2 unspecified atom stereocenters. The number of hydrogen-bond donors (Lipinski definition) is 3. The molecule has 0 radical (unpaired) electrons. The minimum absolute atomic E-state index is 0.0649. The summed E-state index contributed by atoms with van der Waals surface area (Å²) in [5.41, 5.74) is 0.163. The number of likely N-dealkylation sites (tertiary alicyclic amines) is 1. The van der Waals surface area contributed by atoms with Gasteiger partial charge in [-0.3, -0.25) is 14.4 Å². The lowest BCUT2D eigenvalue weighted by atomic mass is 9.65. The van der Waals surface area contributed by atoms with Crippen LogP contribution in [-0.4, -0.2) is 73.1 Å². The molecule has 204 valence electrons. The second-order valence-corrected chi connectivity index (χ2v) is 10.6. The van der Waals surface area contributed by atoms with Crippen LogP contribution in [0.5, 0.6) is 0 Å². The van der Waals surface area contributed by atoms with Crippen LogP contribution in [0, 0.1) is 11.8 Å². The maximum atomic E-state index is 14.0. The number of hydrogen-bond acceptors (Lipinski definition) is 7. The van der Waals surface area contributed by atoms with Crippen LogP contribution in [0.25, 0.3) is 11.0 Å². The van der Waals surface area contributed by atoms with E-state index in [1.165, 1.54) is 4.90 Å². The first-order valence-corrected chi connectivity index (χ1v) is 13.5. The number of anilines is 1. The summed E-state index contributed by atoms with van der Waals surface area (Å²) in [6.45, 7) is 2.09. The van der Waals surface area contributed by atoms with Crippen molar-refractivity contribution in [3.8, 4) is 0 Å². The van der Waals surface area contributed by atoms with Crippen molar-refractivity contribution in [1.82, 2.24) is 25.2 Å². The van der Waals surface area contributed by atoms with Crippen LogP contribution < -0.4 is 10.6 Å². The van der Waals surface area contributed by atoms with E-state index >= 15 is 0 Å². The highest BCUT2D eigenvalue weighted by molar-refractivity contribution is 6.02. The first-order valence-electron chi connectivity index (χ1n) is 13.5. The number of nitrogens with one attached hydrogen (secondary N) is 2. The van der Waals surface area contributed by atoms with Crippen LogP contribution in [0.15, 0.2) is 54.6 Å². The van der Waals surface area contributed by atoms with Gasteiger partial charge in [0.1, 0.15) is 23.8 Å². The molecule has 11 heteroatoms. The minimum Gasteiger partial charge on any atom is -0.396 e. The normalized spacial score (nSPS) is 29.1.